The monoisotopic (exact) mass is 521 g/mol. The van der Waals surface area contributed by atoms with E-state index in [4.69, 9.17) is 11.6 Å². The lowest BCUT2D eigenvalue weighted by Gasteiger charge is -2.29. The van der Waals surface area contributed by atoms with Gasteiger partial charge in [-0.1, -0.05) is 36.7 Å². The van der Waals surface area contributed by atoms with Crippen molar-refractivity contribution in [2.75, 3.05) is 23.7 Å². The summed E-state index contributed by atoms with van der Waals surface area (Å²) in [6.45, 7) is 8.45. The molecule has 0 unspecified atom stereocenters. The molecule has 0 heterocycles. The molecule has 0 aliphatic carbocycles. The minimum absolute atomic E-state index is 0.107. The molecule has 192 valence electrons. The fourth-order valence-corrected chi connectivity index (χ4v) is 4.94. The van der Waals surface area contributed by atoms with E-state index in [-0.39, 0.29) is 31.3 Å². The van der Waals surface area contributed by atoms with Gasteiger partial charge in [-0.3, -0.25) is 13.9 Å². The summed E-state index contributed by atoms with van der Waals surface area (Å²) in [5.74, 6) is -0.435. The number of sulfonamides is 1. The number of halogens is 1. The van der Waals surface area contributed by atoms with Crippen molar-refractivity contribution in [3.63, 3.8) is 0 Å². The van der Waals surface area contributed by atoms with Gasteiger partial charge < -0.3 is 10.2 Å². The first kappa shape index (κ1) is 28.7. The van der Waals surface area contributed by atoms with E-state index in [9.17, 15) is 18.0 Å². The first-order valence-electron chi connectivity index (χ1n) is 11.8. The molecule has 7 nitrogen and oxygen atoms in total. The molecule has 0 aliphatic heterocycles. The number of aryl methyl sites for hydroxylation is 2. The minimum Gasteiger partial charge on any atom is -0.354 e. The van der Waals surface area contributed by atoms with Crippen molar-refractivity contribution >= 4 is 39.1 Å². The summed E-state index contributed by atoms with van der Waals surface area (Å²) in [4.78, 5) is 27.4. The molecule has 0 aliphatic rings. The molecule has 2 rings (SSSR count). The Morgan fingerprint density at radius 3 is 2.20 bits per heavy atom. The Morgan fingerprint density at radius 2 is 1.66 bits per heavy atom. The average Bonchev–Trinajstić information content (AvgIpc) is 2.77. The van der Waals surface area contributed by atoms with Gasteiger partial charge in [-0.2, -0.15) is 0 Å². The van der Waals surface area contributed by atoms with Crippen molar-refractivity contribution in [1.82, 2.24) is 10.2 Å². The summed E-state index contributed by atoms with van der Waals surface area (Å²) in [7, 11) is -3.53. The third-order valence-electron chi connectivity index (χ3n) is 5.63. The Labute approximate surface area is 214 Å². The topological polar surface area (TPSA) is 86.8 Å². The maximum Gasteiger partial charge on any atom is 0.242 e. The van der Waals surface area contributed by atoms with Crippen molar-refractivity contribution in [1.29, 1.82) is 0 Å². The molecule has 9 heteroatoms. The summed E-state index contributed by atoms with van der Waals surface area (Å²) in [5, 5.41) is 3.44. The van der Waals surface area contributed by atoms with Gasteiger partial charge in [0.05, 0.1) is 11.9 Å². The van der Waals surface area contributed by atoms with Crippen LogP contribution in [0.1, 0.15) is 49.8 Å². The predicted octanol–water partition coefficient (Wildman–Crippen LogP) is 4.45. The zero-order valence-corrected chi connectivity index (χ0v) is 22.7. The number of amides is 2. The zero-order chi connectivity index (χ0) is 26.2. The molecule has 0 bridgehead atoms. The van der Waals surface area contributed by atoms with Gasteiger partial charge in [0.25, 0.3) is 0 Å². The summed E-state index contributed by atoms with van der Waals surface area (Å²) in [5.41, 5.74) is 3.37. The van der Waals surface area contributed by atoms with Crippen LogP contribution in [-0.2, 0) is 26.2 Å². The lowest BCUT2D eigenvalue weighted by atomic mass is 10.1. The Morgan fingerprint density at radius 1 is 1.06 bits per heavy atom. The van der Waals surface area contributed by atoms with Crippen LogP contribution in [0, 0.1) is 13.8 Å². The van der Waals surface area contributed by atoms with Crippen molar-refractivity contribution < 1.29 is 18.0 Å². The van der Waals surface area contributed by atoms with E-state index < -0.39 is 16.1 Å². The van der Waals surface area contributed by atoms with E-state index in [1.54, 1.807) is 19.1 Å². The maximum atomic E-state index is 13.3. The highest BCUT2D eigenvalue weighted by molar-refractivity contribution is 7.92. The van der Waals surface area contributed by atoms with Crippen LogP contribution in [-0.4, -0.2) is 50.5 Å². The molecule has 35 heavy (non-hydrogen) atoms. The summed E-state index contributed by atoms with van der Waals surface area (Å²) in [6, 6.07) is 12.1. The summed E-state index contributed by atoms with van der Waals surface area (Å²) >= 11 is 5.99. The third kappa shape index (κ3) is 8.85. The van der Waals surface area contributed by atoms with Gasteiger partial charge in [0, 0.05) is 31.1 Å². The molecular weight excluding hydrogens is 486 g/mol. The van der Waals surface area contributed by atoms with Gasteiger partial charge in [-0.05, 0) is 74.6 Å². The third-order valence-corrected chi connectivity index (χ3v) is 7.08. The van der Waals surface area contributed by atoms with Gasteiger partial charge in [0.2, 0.25) is 21.8 Å². The zero-order valence-electron chi connectivity index (χ0n) is 21.2. The molecule has 0 spiro atoms. The Kier molecular flexibility index (Phi) is 10.6. The second kappa shape index (κ2) is 12.9. The molecule has 0 saturated heterocycles. The molecule has 0 saturated carbocycles. The van der Waals surface area contributed by atoms with Crippen LogP contribution in [0.4, 0.5) is 5.69 Å². The van der Waals surface area contributed by atoms with Crippen LogP contribution in [0.5, 0.6) is 0 Å². The molecule has 0 aromatic heterocycles. The number of nitrogens with one attached hydrogen (secondary N) is 1. The number of hydrogen-bond acceptors (Lipinski definition) is 4. The number of hydrogen-bond donors (Lipinski definition) is 1. The Balaban J connectivity index is 2.17. The maximum absolute atomic E-state index is 13.3. The molecule has 1 atom stereocenters. The van der Waals surface area contributed by atoms with E-state index in [2.05, 4.69) is 5.32 Å². The number of carbonyl (C=O) groups is 2. The molecule has 2 aromatic carbocycles. The summed E-state index contributed by atoms with van der Waals surface area (Å²) in [6.07, 6.45) is 2.39. The van der Waals surface area contributed by atoms with Crippen LogP contribution >= 0.6 is 11.6 Å². The van der Waals surface area contributed by atoms with Crippen molar-refractivity contribution in [2.45, 2.75) is 59.5 Å². The number of rotatable bonds is 12. The number of carbonyl (C=O) groups excluding carboxylic acids is 2. The Hall–Kier alpha value is -2.58. The lowest BCUT2D eigenvalue weighted by Crippen LogP contribution is -2.47. The second-order valence-corrected chi connectivity index (χ2v) is 11.2. The fourth-order valence-electron chi connectivity index (χ4n) is 3.86. The van der Waals surface area contributed by atoms with Crippen LogP contribution in [0.2, 0.25) is 5.02 Å². The van der Waals surface area contributed by atoms with E-state index in [1.165, 1.54) is 15.5 Å². The standard InChI is InChI=1S/C26H36ClN3O4S/c1-6-13-28-26(32)21(4)29(18-22-9-11-23(27)12-10-22)25(31)8-7-14-30(35(5,33)34)24-16-19(2)15-20(3)17-24/h9-12,15-17,21H,6-8,13-14,18H2,1-5H3,(H,28,32)/t21-/m1/s1. The van der Waals surface area contributed by atoms with Crippen LogP contribution in [0.25, 0.3) is 0 Å². The van der Waals surface area contributed by atoms with Crippen molar-refractivity contribution in [2.24, 2.45) is 0 Å². The second-order valence-electron chi connectivity index (χ2n) is 8.90. The van der Waals surface area contributed by atoms with E-state index in [1.807, 2.05) is 51.1 Å². The first-order chi connectivity index (χ1) is 16.4. The van der Waals surface area contributed by atoms with Gasteiger partial charge in [0.15, 0.2) is 0 Å². The number of benzene rings is 2. The average molecular weight is 522 g/mol. The lowest BCUT2D eigenvalue weighted by molar-refractivity contribution is -0.140. The highest BCUT2D eigenvalue weighted by Gasteiger charge is 2.26. The van der Waals surface area contributed by atoms with Crippen LogP contribution < -0.4 is 9.62 Å². The smallest absolute Gasteiger partial charge is 0.242 e. The van der Waals surface area contributed by atoms with Crippen LogP contribution in [0.15, 0.2) is 42.5 Å². The molecule has 2 aromatic rings. The van der Waals surface area contributed by atoms with Gasteiger partial charge >= 0.3 is 0 Å². The normalized spacial score (nSPS) is 12.2. The SMILES string of the molecule is CCCNC(=O)[C@@H](C)N(Cc1ccc(Cl)cc1)C(=O)CCCN(c1cc(C)cc(C)c1)S(C)(=O)=O. The molecule has 2 amide bonds. The number of anilines is 1. The van der Waals surface area contributed by atoms with Crippen LogP contribution in [0.3, 0.4) is 0 Å². The van der Waals surface area contributed by atoms with Gasteiger partial charge in [0.1, 0.15) is 6.04 Å². The van der Waals surface area contributed by atoms with Gasteiger partial charge in [-0.15, -0.1) is 0 Å². The highest BCUT2D eigenvalue weighted by Crippen LogP contribution is 2.22. The number of nitrogens with zero attached hydrogens (tertiary/aromatic N) is 2. The quantitative estimate of drug-likeness (QED) is 0.447. The van der Waals surface area contributed by atoms with E-state index in [0.29, 0.717) is 23.7 Å². The van der Waals surface area contributed by atoms with Gasteiger partial charge in [-0.25, -0.2) is 8.42 Å². The highest BCUT2D eigenvalue weighted by atomic mass is 35.5. The fraction of sp³-hybridized carbons (Fsp3) is 0.462. The summed E-state index contributed by atoms with van der Waals surface area (Å²) < 4.78 is 26.3. The minimum atomic E-state index is -3.53. The van der Waals surface area contributed by atoms with E-state index >= 15 is 0 Å². The van der Waals surface area contributed by atoms with Crippen molar-refractivity contribution in [3.05, 3.63) is 64.2 Å². The Bertz CT molecular complexity index is 1100. The predicted molar refractivity (Wildman–Crippen MR) is 142 cm³/mol. The first-order valence-corrected chi connectivity index (χ1v) is 14.0. The molecule has 0 radical (unpaired) electrons. The molecule has 1 N–H and O–H groups in total. The molecular formula is C26H36ClN3O4S. The largest absolute Gasteiger partial charge is 0.354 e. The van der Waals surface area contributed by atoms with Crippen molar-refractivity contribution in [3.8, 4) is 0 Å². The van der Waals surface area contributed by atoms with E-state index in [0.717, 1.165) is 23.1 Å². The molecule has 0 fully saturated rings.